The maximum absolute atomic E-state index is 12.7. The lowest BCUT2D eigenvalue weighted by Crippen LogP contribution is -2.39. The zero-order chi connectivity index (χ0) is 18.7. The van der Waals surface area contributed by atoms with Crippen LogP contribution < -0.4 is 4.74 Å². The second kappa shape index (κ2) is 7.54. The average molecular weight is 369 g/mol. The van der Waals surface area contributed by atoms with E-state index in [9.17, 15) is 9.59 Å². The van der Waals surface area contributed by atoms with Gasteiger partial charge in [0, 0.05) is 5.02 Å². The van der Waals surface area contributed by atoms with E-state index in [1.807, 2.05) is 12.1 Å². The molecule has 1 atom stereocenters. The molecule has 0 saturated heterocycles. The molecule has 0 saturated carbocycles. The van der Waals surface area contributed by atoms with Crippen LogP contribution in [0.4, 0.5) is 0 Å². The van der Waals surface area contributed by atoms with Crippen LogP contribution >= 0.6 is 11.6 Å². The average Bonchev–Trinajstić information content (AvgIpc) is 2.92. The van der Waals surface area contributed by atoms with Crippen LogP contribution in [0.1, 0.15) is 19.4 Å². The van der Waals surface area contributed by atoms with Gasteiger partial charge in [-0.2, -0.15) is 10.1 Å². The minimum atomic E-state index is -0.849. The highest BCUT2D eigenvalue weighted by molar-refractivity contribution is 6.34. The Balaban J connectivity index is 1.79. The number of benzene rings is 2. The molecule has 0 radical (unpaired) electrons. The minimum Gasteiger partial charge on any atom is -0.481 e. The van der Waals surface area contributed by atoms with E-state index in [-0.39, 0.29) is 0 Å². The van der Waals surface area contributed by atoms with Gasteiger partial charge in [-0.3, -0.25) is 9.59 Å². The Morgan fingerprint density at radius 2 is 1.81 bits per heavy atom. The van der Waals surface area contributed by atoms with E-state index < -0.39 is 17.9 Å². The molecule has 6 heteroatoms. The van der Waals surface area contributed by atoms with Gasteiger partial charge >= 0.3 is 0 Å². The van der Waals surface area contributed by atoms with Crippen LogP contribution in [0.25, 0.3) is 6.08 Å². The third kappa shape index (κ3) is 3.68. The van der Waals surface area contributed by atoms with Crippen molar-refractivity contribution in [2.45, 2.75) is 20.0 Å². The molecule has 0 aliphatic carbocycles. The summed E-state index contributed by atoms with van der Waals surface area (Å²) in [7, 11) is 0. The minimum absolute atomic E-state index is 0.332. The van der Waals surface area contributed by atoms with E-state index in [1.54, 1.807) is 62.4 Å². The van der Waals surface area contributed by atoms with Gasteiger partial charge in [-0.25, -0.2) is 0 Å². The van der Waals surface area contributed by atoms with E-state index in [0.717, 1.165) is 5.01 Å². The molecule has 5 nitrogen and oxygen atoms in total. The van der Waals surface area contributed by atoms with Crippen LogP contribution in [-0.2, 0) is 9.59 Å². The van der Waals surface area contributed by atoms with Gasteiger partial charge in [-0.1, -0.05) is 48.0 Å². The second-order valence-electron chi connectivity index (χ2n) is 5.79. The van der Waals surface area contributed by atoms with Gasteiger partial charge in [-0.05, 0) is 43.7 Å². The van der Waals surface area contributed by atoms with Crippen molar-refractivity contribution < 1.29 is 14.3 Å². The molecule has 1 aliphatic heterocycles. The number of ether oxygens (including phenoxy) is 1. The van der Waals surface area contributed by atoms with Crippen molar-refractivity contribution in [3.8, 4) is 5.75 Å². The van der Waals surface area contributed by atoms with Crippen molar-refractivity contribution in [3.05, 3.63) is 70.8 Å². The van der Waals surface area contributed by atoms with Gasteiger partial charge in [0.05, 0.1) is 11.3 Å². The van der Waals surface area contributed by atoms with Gasteiger partial charge in [0.25, 0.3) is 11.8 Å². The van der Waals surface area contributed by atoms with Crippen LogP contribution in [0, 0.1) is 0 Å². The number of hydrogen-bond acceptors (Lipinski definition) is 4. The zero-order valence-electron chi connectivity index (χ0n) is 14.3. The van der Waals surface area contributed by atoms with Crippen LogP contribution in [0.3, 0.4) is 0 Å². The molecule has 0 spiro atoms. The number of amides is 2. The van der Waals surface area contributed by atoms with Crippen molar-refractivity contribution in [2.75, 3.05) is 0 Å². The fourth-order valence-electron chi connectivity index (χ4n) is 2.51. The summed E-state index contributed by atoms with van der Waals surface area (Å²) in [6.07, 6.45) is 0.789. The van der Waals surface area contributed by atoms with Crippen molar-refractivity contribution in [2.24, 2.45) is 5.10 Å². The summed E-state index contributed by atoms with van der Waals surface area (Å²) in [6, 6.07) is 16.1. The number of halogens is 1. The molecule has 0 bridgehead atoms. The number of nitrogens with zero attached hydrogens (tertiary/aromatic N) is 2. The first-order chi connectivity index (χ1) is 12.5. The molecule has 2 amide bonds. The lowest BCUT2D eigenvalue weighted by molar-refractivity contribution is -0.146. The normalized spacial score (nSPS) is 16.6. The van der Waals surface area contributed by atoms with Crippen LogP contribution in [0.15, 0.2) is 65.3 Å². The first-order valence-corrected chi connectivity index (χ1v) is 8.47. The van der Waals surface area contributed by atoms with E-state index >= 15 is 0 Å². The summed E-state index contributed by atoms with van der Waals surface area (Å²) in [5.41, 5.74) is 1.48. The molecule has 26 heavy (non-hydrogen) atoms. The molecule has 3 rings (SSSR count). The number of carbonyl (C=O) groups is 2. The number of carbonyl (C=O) groups excluding carboxylic acids is 2. The molecule has 1 aliphatic rings. The van der Waals surface area contributed by atoms with E-state index in [1.165, 1.54) is 0 Å². The molecule has 132 valence electrons. The summed E-state index contributed by atoms with van der Waals surface area (Å²) >= 11 is 6.14. The standard InChI is InChI=1S/C20H17ClN2O3/c1-13-17(12-15-8-6-7-11-18(15)21)20(25)23(22-13)19(24)14(2)26-16-9-4-3-5-10-16/h3-12,14H,1-2H3/b17-12+. The molecule has 2 aromatic carbocycles. The Kier molecular flexibility index (Phi) is 5.19. The van der Waals surface area contributed by atoms with Crippen LogP contribution in [-0.4, -0.2) is 28.6 Å². The fraction of sp³-hybridized carbons (Fsp3) is 0.150. The molecule has 0 fully saturated rings. The highest BCUT2D eigenvalue weighted by Crippen LogP contribution is 2.24. The number of para-hydroxylation sites is 1. The van der Waals surface area contributed by atoms with Gasteiger partial charge in [0.1, 0.15) is 5.75 Å². The molecule has 2 aromatic rings. The van der Waals surface area contributed by atoms with E-state index in [2.05, 4.69) is 5.10 Å². The van der Waals surface area contributed by atoms with E-state index in [0.29, 0.717) is 27.6 Å². The third-order valence-corrected chi connectivity index (χ3v) is 4.22. The Hall–Kier alpha value is -2.92. The SMILES string of the molecule is CC1=NN(C(=O)C(C)Oc2ccccc2)C(=O)/C1=C/c1ccccc1Cl. The first kappa shape index (κ1) is 17.9. The highest BCUT2D eigenvalue weighted by Gasteiger charge is 2.35. The predicted octanol–water partition coefficient (Wildman–Crippen LogP) is 3.94. The molecular formula is C20H17ClN2O3. The summed E-state index contributed by atoms with van der Waals surface area (Å²) in [5.74, 6) is -0.468. The molecule has 0 N–H and O–H groups in total. The summed E-state index contributed by atoms with van der Waals surface area (Å²) in [5, 5.41) is 5.47. The monoisotopic (exact) mass is 368 g/mol. The quantitative estimate of drug-likeness (QED) is 0.768. The van der Waals surface area contributed by atoms with Gasteiger partial charge in [-0.15, -0.1) is 0 Å². The highest BCUT2D eigenvalue weighted by atomic mass is 35.5. The van der Waals surface area contributed by atoms with Crippen molar-refractivity contribution in [3.63, 3.8) is 0 Å². The van der Waals surface area contributed by atoms with Crippen LogP contribution in [0.5, 0.6) is 5.75 Å². The summed E-state index contributed by atoms with van der Waals surface area (Å²) in [4.78, 5) is 25.2. The number of hydrogen-bond donors (Lipinski definition) is 0. The van der Waals surface area contributed by atoms with Gasteiger partial charge in [0.15, 0.2) is 6.10 Å². The summed E-state index contributed by atoms with van der Waals surface area (Å²) < 4.78 is 5.59. The lowest BCUT2D eigenvalue weighted by Gasteiger charge is -2.17. The largest absolute Gasteiger partial charge is 0.481 e. The molecule has 1 unspecified atom stereocenters. The molecule has 1 heterocycles. The van der Waals surface area contributed by atoms with Gasteiger partial charge < -0.3 is 4.74 Å². The number of hydrazone groups is 1. The van der Waals surface area contributed by atoms with Crippen molar-refractivity contribution in [1.82, 2.24) is 5.01 Å². The third-order valence-electron chi connectivity index (χ3n) is 3.88. The summed E-state index contributed by atoms with van der Waals surface area (Å²) in [6.45, 7) is 3.26. The molecular weight excluding hydrogens is 352 g/mol. The fourth-order valence-corrected chi connectivity index (χ4v) is 2.70. The topological polar surface area (TPSA) is 59.0 Å². The Morgan fingerprint density at radius 3 is 2.50 bits per heavy atom. The Labute approximate surface area is 156 Å². The number of imide groups is 1. The lowest BCUT2D eigenvalue weighted by atomic mass is 10.1. The predicted molar refractivity (Wildman–Crippen MR) is 101 cm³/mol. The van der Waals surface area contributed by atoms with Crippen LogP contribution in [0.2, 0.25) is 5.02 Å². The van der Waals surface area contributed by atoms with Crippen molar-refractivity contribution >= 4 is 35.2 Å². The van der Waals surface area contributed by atoms with Gasteiger partial charge in [0.2, 0.25) is 0 Å². The maximum atomic E-state index is 12.7. The zero-order valence-corrected chi connectivity index (χ0v) is 15.1. The second-order valence-corrected chi connectivity index (χ2v) is 6.20. The Bertz CT molecular complexity index is 906. The molecule has 0 aromatic heterocycles. The number of rotatable bonds is 4. The van der Waals surface area contributed by atoms with Crippen molar-refractivity contribution in [1.29, 1.82) is 0 Å². The Morgan fingerprint density at radius 1 is 1.15 bits per heavy atom. The van der Waals surface area contributed by atoms with E-state index in [4.69, 9.17) is 16.3 Å². The maximum Gasteiger partial charge on any atom is 0.290 e. The smallest absolute Gasteiger partial charge is 0.290 e. The first-order valence-electron chi connectivity index (χ1n) is 8.09.